The van der Waals surface area contributed by atoms with Crippen molar-refractivity contribution in [3.05, 3.63) is 29.8 Å². The van der Waals surface area contributed by atoms with Crippen LogP contribution in [0.4, 0.5) is 5.69 Å². The molecule has 1 amide bonds. The molecule has 23 heavy (non-hydrogen) atoms. The van der Waals surface area contributed by atoms with Crippen LogP contribution in [-0.4, -0.2) is 51.4 Å². The average Bonchev–Trinajstić information content (AvgIpc) is 2.40. The highest BCUT2D eigenvalue weighted by Gasteiger charge is 2.57. The molecule has 1 aromatic carbocycles. The largest absolute Gasteiger partial charge is 0.326 e. The minimum absolute atomic E-state index is 0.0148. The third-order valence-electron chi connectivity index (χ3n) is 4.85. The van der Waals surface area contributed by atoms with E-state index < -0.39 is 9.84 Å². The molecule has 2 fully saturated rings. The fourth-order valence-electron chi connectivity index (χ4n) is 3.65. The Balaban J connectivity index is 1.47. The highest BCUT2D eigenvalue weighted by atomic mass is 32.2. The van der Waals surface area contributed by atoms with Crippen LogP contribution in [0.2, 0.25) is 0 Å². The molecule has 0 aromatic heterocycles. The fourth-order valence-corrected chi connectivity index (χ4v) is 5.90. The lowest BCUT2D eigenvalue weighted by atomic mass is 9.63. The van der Waals surface area contributed by atoms with Crippen molar-refractivity contribution in [2.75, 3.05) is 37.5 Å². The number of benzene rings is 1. The van der Waals surface area contributed by atoms with E-state index in [9.17, 15) is 13.2 Å². The van der Waals surface area contributed by atoms with Gasteiger partial charge in [0.05, 0.1) is 11.5 Å². The summed E-state index contributed by atoms with van der Waals surface area (Å²) in [6, 6.07) is 7.95. The minimum atomic E-state index is -2.81. The third-order valence-corrected chi connectivity index (χ3v) is 6.96. The number of sulfone groups is 1. The highest BCUT2D eigenvalue weighted by Crippen LogP contribution is 2.53. The summed E-state index contributed by atoms with van der Waals surface area (Å²) in [7, 11) is 1.29. The van der Waals surface area contributed by atoms with Gasteiger partial charge in [-0.3, -0.25) is 4.79 Å². The van der Waals surface area contributed by atoms with Crippen molar-refractivity contribution < 1.29 is 13.2 Å². The molecule has 0 radical (unpaired) electrons. The molecule has 1 saturated heterocycles. The van der Waals surface area contributed by atoms with Gasteiger partial charge in [0.1, 0.15) is 0 Å². The van der Waals surface area contributed by atoms with E-state index in [1.807, 2.05) is 38.4 Å². The van der Waals surface area contributed by atoms with E-state index >= 15 is 0 Å². The van der Waals surface area contributed by atoms with Crippen LogP contribution in [0.3, 0.4) is 0 Å². The van der Waals surface area contributed by atoms with Crippen molar-refractivity contribution in [2.45, 2.75) is 19.3 Å². The van der Waals surface area contributed by atoms with E-state index in [4.69, 9.17) is 0 Å². The number of nitrogens with zero attached hydrogens (tertiary/aromatic N) is 1. The van der Waals surface area contributed by atoms with Crippen LogP contribution in [0.15, 0.2) is 24.3 Å². The Labute approximate surface area is 138 Å². The molecule has 1 N–H and O–H groups in total. The first-order chi connectivity index (χ1) is 10.8. The number of hydrogen-bond acceptors (Lipinski definition) is 4. The number of likely N-dealkylation sites (N-methyl/N-ethyl adjacent to an activating group) is 1. The smallest absolute Gasteiger partial charge is 0.227 e. The van der Waals surface area contributed by atoms with Crippen molar-refractivity contribution >= 4 is 21.4 Å². The summed E-state index contributed by atoms with van der Waals surface area (Å²) >= 11 is 0. The Bertz CT molecular complexity index is 675. The summed E-state index contributed by atoms with van der Waals surface area (Å²) in [6.07, 6.45) is 2.40. The molecule has 6 heteroatoms. The molecule has 1 aromatic rings. The van der Waals surface area contributed by atoms with Crippen LogP contribution >= 0.6 is 0 Å². The van der Waals surface area contributed by atoms with E-state index in [0.717, 1.165) is 18.7 Å². The van der Waals surface area contributed by atoms with Crippen LogP contribution in [0, 0.1) is 11.3 Å². The van der Waals surface area contributed by atoms with Gasteiger partial charge in [-0.1, -0.05) is 12.1 Å². The summed E-state index contributed by atoms with van der Waals surface area (Å²) in [6.45, 7) is 0.999. The van der Waals surface area contributed by atoms with E-state index in [2.05, 4.69) is 10.2 Å². The van der Waals surface area contributed by atoms with Gasteiger partial charge in [-0.2, -0.15) is 0 Å². The molecule has 0 bridgehead atoms. The Morgan fingerprint density at radius 1 is 1.22 bits per heavy atom. The van der Waals surface area contributed by atoms with Crippen LogP contribution in [0.5, 0.6) is 0 Å². The first kappa shape index (κ1) is 16.5. The maximum Gasteiger partial charge on any atom is 0.227 e. The zero-order valence-corrected chi connectivity index (χ0v) is 14.5. The van der Waals surface area contributed by atoms with Gasteiger partial charge in [-0.05, 0) is 56.5 Å². The zero-order chi connectivity index (χ0) is 16.7. The molecular weight excluding hydrogens is 312 g/mol. The first-order valence-electron chi connectivity index (χ1n) is 8.02. The molecule has 1 heterocycles. The Morgan fingerprint density at radius 2 is 1.83 bits per heavy atom. The van der Waals surface area contributed by atoms with Crippen molar-refractivity contribution in [1.82, 2.24) is 4.90 Å². The number of carbonyl (C=O) groups excluding carboxylic acids is 1. The summed E-state index contributed by atoms with van der Waals surface area (Å²) < 4.78 is 22.6. The van der Waals surface area contributed by atoms with Gasteiger partial charge in [0.15, 0.2) is 9.84 Å². The molecule has 1 aliphatic heterocycles. The lowest BCUT2D eigenvalue weighted by Crippen LogP contribution is -2.58. The molecule has 1 spiro atoms. The van der Waals surface area contributed by atoms with E-state index in [1.165, 1.54) is 5.56 Å². The minimum Gasteiger partial charge on any atom is -0.326 e. The van der Waals surface area contributed by atoms with Crippen LogP contribution in [-0.2, 0) is 21.1 Å². The quantitative estimate of drug-likeness (QED) is 0.886. The lowest BCUT2D eigenvalue weighted by molar-refractivity contribution is -0.126. The van der Waals surface area contributed by atoms with Gasteiger partial charge < -0.3 is 10.2 Å². The number of hydrogen-bond donors (Lipinski definition) is 1. The third kappa shape index (κ3) is 3.75. The topological polar surface area (TPSA) is 66.5 Å². The molecule has 2 aliphatic rings. The van der Waals surface area contributed by atoms with Crippen molar-refractivity contribution in [3.8, 4) is 0 Å². The Hall–Kier alpha value is -1.40. The number of carbonyl (C=O) groups is 1. The van der Waals surface area contributed by atoms with Gasteiger partial charge in [0, 0.05) is 18.2 Å². The van der Waals surface area contributed by atoms with Gasteiger partial charge in [-0.25, -0.2) is 8.42 Å². The van der Waals surface area contributed by atoms with Crippen molar-refractivity contribution in [2.24, 2.45) is 11.3 Å². The van der Waals surface area contributed by atoms with Gasteiger partial charge in [0.25, 0.3) is 0 Å². The van der Waals surface area contributed by atoms with Crippen molar-refractivity contribution in [1.29, 1.82) is 0 Å². The van der Waals surface area contributed by atoms with Gasteiger partial charge >= 0.3 is 0 Å². The molecule has 5 nitrogen and oxygen atoms in total. The van der Waals surface area contributed by atoms with E-state index in [-0.39, 0.29) is 28.7 Å². The first-order valence-corrected chi connectivity index (χ1v) is 9.84. The highest BCUT2D eigenvalue weighted by molar-refractivity contribution is 7.92. The zero-order valence-electron chi connectivity index (χ0n) is 13.7. The number of anilines is 1. The summed E-state index contributed by atoms with van der Waals surface area (Å²) in [5, 5.41) is 2.94. The Kier molecular flexibility index (Phi) is 4.23. The van der Waals surface area contributed by atoms with Crippen LogP contribution in [0.25, 0.3) is 0 Å². The van der Waals surface area contributed by atoms with E-state index in [0.29, 0.717) is 12.8 Å². The van der Waals surface area contributed by atoms with Crippen LogP contribution < -0.4 is 5.32 Å². The monoisotopic (exact) mass is 336 g/mol. The van der Waals surface area contributed by atoms with Crippen LogP contribution in [0.1, 0.15) is 18.4 Å². The molecule has 3 rings (SSSR count). The number of nitrogens with one attached hydrogen (secondary N) is 1. The summed E-state index contributed by atoms with van der Waals surface area (Å²) in [5.41, 5.74) is 1.97. The number of amides is 1. The van der Waals surface area contributed by atoms with Gasteiger partial charge in [0.2, 0.25) is 5.91 Å². The second-order valence-electron chi connectivity index (χ2n) is 7.38. The maximum absolute atomic E-state index is 12.2. The molecule has 1 saturated carbocycles. The maximum atomic E-state index is 12.2. The fraction of sp³-hybridized carbons (Fsp3) is 0.588. The van der Waals surface area contributed by atoms with E-state index in [1.54, 1.807) is 0 Å². The molecule has 1 aliphatic carbocycles. The second-order valence-corrected chi connectivity index (χ2v) is 9.44. The lowest BCUT2D eigenvalue weighted by Gasteiger charge is -2.52. The average molecular weight is 336 g/mol. The summed E-state index contributed by atoms with van der Waals surface area (Å²) in [5.74, 6) is 0.509. The van der Waals surface area contributed by atoms with Crippen molar-refractivity contribution in [3.63, 3.8) is 0 Å². The molecule has 0 atom stereocenters. The standard InChI is InChI=1S/C17H24N2O3S/c1-19(2)8-7-13-3-5-15(6-4-13)18-16(20)14-9-17(10-14)11-23(21,22)12-17/h3-6,14H,7-12H2,1-2H3,(H,18,20). The second kappa shape index (κ2) is 5.91. The molecular formula is C17H24N2O3S. The SMILES string of the molecule is CN(C)CCc1ccc(NC(=O)C2CC3(C2)CS(=O)(=O)C3)cc1. The predicted octanol–water partition coefficient (Wildman–Crippen LogP) is 1.55. The van der Waals surface area contributed by atoms with Gasteiger partial charge in [-0.15, -0.1) is 0 Å². The predicted molar refractivity (Wildman–Crippen MR) is 91.1 cm³/mol. The Morgan fingerprint density at radius 3 is 2.35 bits per heavy atom. The molecule has 126 valence electrons. The normalized spacial score (nSPS) is 21.7. The molecule has 0 unspecified atom stereocenters. The number of rotatable bonds is 5. The summed E-state index contributed by atoms with van der Waals surface area (Å²) in [4.78, 5) is 14.4.